The number of rotatable bonds is 3. The Balaban J connectivity index is 2.62. The Kier molecular flexibility index (Phi) is 3.04. The standard InChI is InChI=1S/C12H17N3O2/c1-7(2)15-10-4-3-8(11(16)6-13)5-9(10)14-12(15)17/h3-5,7,11,16H,6,13H2,1-2H3,(H,14,17). The molecule has 92 valence electrons. The summed E-state index contributed by atoms with van der Waals surface area (Å²) in [6.07, 6.45) is -0.690. The van der Waals surface area contributed by atoms with Crippen LogP contribution in [0.25, 0.3) is 11.0 Å². The lowest BCUT2D eigenvalue weighted by Gasteiger charge is -2.09. The third kappa shape index (κ3) is 1.99. The largest absolute Gasteiger partial charge is 0.387 e. The van der Waals surface area contributed by atoms with Crippen LogP contribution < -0.4 is 11.4 Å². The minimum atomic E-state index is -0.690. The van der Waals surface area contributed by atoms with E-state index in [0.29, 0.717) is 0 Å². The van der Waals surface area contributed by atoms with Crippen LogP contribution in [0.2, 0.25) is 0 Å². The lowest BCUT2D eigenvalue weighted by Crippen LogP contribution is -2.18. The Hall–Kier alpha value is -1.59. The van der Waals surface area contributed by atoms with Gasteiger partial charge in [-0.3, -0.25) is 4.57 Å². The van der Waals surface area contributed by atoms with Gasteiger partial charge >= 0.3 is 5.69 Å². The summed E-state index contributed by atoms with van der Waals surface area (Å²) >= 11 is 0. The molecule has 0 saturated heterocycles. The van der Waals surface area contributed by atoms with Crippen LogP contribution in [0.1, 0.15) is 31.6 Å². The zero-order chi connectivity index (χ0) is 12.6. The summed E-state index contributed by atoms with van der Waals surface area (Å²) in [6, 6.07) is 5.50. The molecule has 17 heavy (non-hydrogen) atoms. The van der Waals surface area contributed by atoms with Crippen molar-refractivity contribution in [1.29, 1.82) is 0 Å². The monoisotopic (exact) mass is 235 g/mol. The van der Waals surface area contributed by atoms with E-state index in [2.05, 4.69) is 4.98 Å². The molecule has 0 radical (unpaired) electrons. The lowest BCUT2D eigenvalue weighted by atomic mass is 10.1. The average Bonchev–Trinajstić information content (AvgIpc) is 2.62. The summed E-state index contributed by atoms with van der Waals surface area (Å²) < 4.78 is 1.69. The van der Waals surface area contributed by atoms with Crippen molar-refractivity contribution < 1.29 is 5.11 Å². The zero-order valence-corrected chi connectivity index (χ0v) is 9.97. The molecule has 0 aliphatic carbocycles. The number of aliphatic hydroxyl groups is 1. The minimum absolute atomic E-state index is 0.0986. The number of nitrogens with zero attached hydrogens (tertiary/aromatic N) is 1. The first kappa shape index (κ1) is 11.9. The number of H-pyrrole nitrogens is 1. The van der Waals surface area contributed by atoms with Crippen molar-refractivity contribution in [2.75, 3.05) is 6.54 Å². The lowest BCUT2D eigenvalue weighted by molar-refractivity contribution is 0.187. The molecule has 5 nitrogen and oxygen atoms in total. The van der Waals surface area contributed by atoms with Gasteiger partial charge in [0.1, 0.15) is 0 Å². The van der Waals surface area contributed by atoms with Gasteiger partial charge in [-0.2, -0.15) is 0 Å². The van der Waals surface area contributed by atoms with Crippen LogP contribution in [-0.2, 0) is 0 Å². The van der Waals surface area contributed by atoms with Crippen molar-refractivity contribution in [3.05, 3.63) is 34.2 Å². The first-order valence-electron chi connectivity index (χ1n) is 5.67. The van der Waals surface area contributed by atoms with Crippen molar-refractivity contribution in [3.8, 4) is 0 Å². The number of hydrogen-bond donors (Lipinski definition) is 3. The molecule has 0 saturated carbocycles. The molecular weight excluding hydrogens is 218 g/mol. The van der Waals surface area contributed by atoms with E-state index in [1.807, 2.05) is 19.9 Å². The van der Waals surface area contributed by atoms with Crippen LogP contribution in [0.4, 0.5) is 0 Å². The molecule has 1 atom stereocenters. The zero-order valence-electron chi connectivity index (χ0n) is 9.97. The SMILES string of the molecule is CC(C)n1c(=O)[nH]c2cc(C(O)CN)ccc21. The quantitative estimate of drug-likeness (QED) is 0.739. The highest BCUT2D eigenvalue weighted by Crippen LogP contribution is 2.19. The Morgan fingerprint density at radius 2 is 2.18 bits per heavy atom. The molecule has 0 amide bonds. The van der Waals surface area contributed by atoms with Gasteiger partial charge < -0.3 is 15.8 Å². The number of benzene rings is 1. The average molecular weight is 235 g/mol. The maximum atomic E-state index is 11.8. The molecule has 4 N–H and O–H groups in total. The molecule has 0 spiro atoms. The minimum Gasteiger partial charge on any atom is -0.387 e. The number of hydrogen-bond acceptors (Lipinski definition) is 3. The Bertz CT molecular complexity index is 583. The molecule has 1 aromatic heterocycles. The van der Waals surface area contributed by atoms with Crippen LogP contribution in [0.3, 0.4) is 0 Å². The van der Waals surface area contributed by atoms with Gasteiger partial charge in [-0.05, 0) is 31.5 Å². The van der Waals surface area contributed by atoms with Crippen molar-refractivity contribution >= 4 is 11.0 Å². The van der Waals surface area contributed by atoms with E-state index < -0.39 is 6.10 Å². The van der Waals surface area contributed by atoms with Crippen LogP contribution in [-0.4, -0.2) is 21.2 Å². The first-order valence-corrected chi connectivity index (χ1v) is 5.67. The fourth-order valence-corrected chi connectivity index (χ4v) is 2.00. The van der Waals surface area contributed by atoms with E-state index in [0.717, 1.165) is 16.6 Å². The number of imidazole rings is 1. The topological polar surface area (TPSA) is 84.0 Å². The fraction of sp³-hybridized carbons (Fsp3) is 0.417. The summed E-state index contributed by atoms with van der Waals surface area (Å²) in [5.74, 6) is 0. The summed E-state index contributed by atoms with van der Waals surface area (Å²) in [7, 11) is 0. The molecule has 0 fully saturated rings. The van der Waals surface area contributed by atoms with Crippen LogP contribution in [0.5, 0.6) is 0 Å². The Morgan fingerprint density at radius 1 is 1.47 bits per heavy atom. The molecule has 2 aromatic rings. The van der Waals surface area contributed by atoms with E-state index in [1.165, 1.54) is 0 Å². The smallest absolute Gasteiger partial charge is 0.326 e. The van der Waals surface area contributed by atoms with Gasteiger partial charge in [-0.15, -0.1) is 0 Å². The normalized spacial score (nSPS) is 13.5. The van der Waals surface area contributed by atoms with Gasteiger partial charge in [0, 0.05) is 12.6 Å². The highest BCUT2D eigenvalue weighted by molar-refractivity contribution is 5.76. The number of nitrogens with two attached hydrogens (primary N) is 1. The Morgan fingerprint density at radius 3 is 2.76 bits per heavy atom. The molecule has 5 heteroatoms. The predicted molar refractivity (Wildman–Crippen MR) is 67.0 cm³/mol. The summed E-state index contributed by atoms with van der Waals surface area (Å²) in [5.41, 5.74) is 7.57. The van der Waals surface area contributed by atoms with Crippen LogP contribution in [0, 0.1) is 0 Å². The fourth-order valence-electron chi connectivity index (χ4n) is 2.00. The molecule has 1 aromatic carbocycles. The van der Waals surface area contributed by atoms with Gasteiger partial charge in [0.25, 0.3) is 0 Å². The molecular formula is C12H17N3O2. The van der Waals surface area contributed by atoms with Crippen LogP contribution >= 0.6 is 0 Å². The second-order valence-electron chi connectivity index (χ2n) is 4.42. The van der Waals surface area contributed by atoms with Gasteiger partial charge in [0.15, 0.2) is 0 Å². The van der Waals surface area contributed by atoms with Gasteiger partial charge in [-0.1, -0.05) is 6.07 Å². The molecule has 2 rings (SSSR count). The number of aromatic amines is 1. The van der Waals surface area contributed by atoms with Crippen molar-refractivity contribution in [2.45, 2.75) is 26.0 Å². The Labute approximate surface area is 98.9 Å². The highest BCUT2D eigenvalue weighted by atomic mass is 16.3. The molecule has 0 bridgehead atoms. The first-order chi connectivity index (χ1) is 8.04. The second kappa shape index (κ2) is 4.35. The van der Waals surface area contributed by atoms with E-state index in [-0.39, 0.29) is 18.3 Å². The summed E-state index contributed by atoms with van der Waals surface area (Å²) in [4.78, 5) is 14.5. The number of aliphatic hydroxyl groups excluding tert-OH is 1. The van der Waals surface area contributed by atoms with Crippen molar-refractivity contribution in [2.24, 2.45) is 5.73 Å². The highest BCUT2D eigenvalue weighted by Gasteiger charge is 2.12. The van der Waals surface area contributed by atoms with Crippen LogP contribution in [0.15, 0.2) is 23.0 Å². The van der Waals surface area contributed by atoms with Gasteiger partial charge in [0.2, 0.25) is 0 Å². The molecule has 0 aliphatic rings. The predicted octanol–water partition coefficient (Wildman–Crippen LogP) is 0.903. The van der Waals surface area contributed by atoms with Gasteiger partial charge in [0.05, 0.1) is 17.1 Å². The third-order valence-corrected chi connectivity index (χ3v) is 2.86. The summed E-state index contributed by atoms with van der Waals surface area (Å²) in [5, 5.41) is 9.65. The third-order valence-electron chi connectivity index (χ3n) is 2.86. The number of nitrogens with one attached hydrogen (secondary N) is 1. The number of fused-ring (bicyclic) bond motifs is 1. The van der Waals surface area contributed by atoms with E-state index in [9.17, 15) is 9.90 Å². The maximum Gasteiger partial charge on any atom is 0.326 e. The van der Waals surface area contributed by atoms with E-state index in [4.69, 9.17) is 5.73 Å². The van der Waals surface area contributed by atoms with E-state index in [1.54, 1.807) is 16.7 Å². The number of aromatic nitrogens is 2. The molecule has 1 heterocycles. The van der Waals surface area contributed by atoms with Crippen molar-refractivity contribution in [1.82, 2.24) is 9.55 Å². The maximum absolute atomic E-state index is 11.8. The second-order valence-corrected chi connectivity index (χ2v) is 4.42. The van der Waals surface area contributed by atoms with Gasteiger partial charge in [-0.25, -0.2) is 4.79 Å². The molecule has 1 unspecified atom stereocenters. The van der Waals surface area contributed by atoms with E-state index >= 15 is 0 Å². The summed E-state index contributed by atoms with van der Waals surface area (Å²) in [6.45, 7) is 4.08. The van der Waals surface area contributed by atoms with Crippen molar-refractivity contribution in [3.63, 3.8) is 0 Å². The molecule has 0 aliphatic heterocycles.